The number of carbonyl (C=O) groups excluding carboxylic acids is 2. The minimum absolute atomic E-state index is 2.58. The zero-order chi connectivity index (χ0) is 9.57. The highest BCUT2D eigenvalue weighted by molar-refractivity contribution is 8.17. The van der Waals surface area contributed by atoms with Crippen molar-refractivity contribution in [1.29, 1.82) is 0 Å². The van der Waals surface area contributed by atoms with Gasteiger partial charge in [0.2, 0.25) is 11.4 Å². The molecule has 1 rings (SSSR count). The Kier molecular flexibility index (Phi) is 1.71. The van der Waals surface area contributed by atoms with Gasteiger partial charge in [-0.2, -0.15) is 8.78 Å². The maximum atomic E-state index is 12.1. The van der Waals surface area contributed by atoms with Gasteiger partial charge >= 0.3 is 17.9 Å². The normalized spacial score (nSPS) is 28.7. The van der Waals surface area contributed by atoms with E-state index in [9.17, 15) is 26.1 Å². The first-order valence-electron chi connectivity index (χ1n) is 2.34. The standard InChI is InChI=1S/C3F4O4S/c4-3(5)1(8)10-12(6,7)11-2(3)9. The van der Waals surface area contributed by atoms with Crippen molar-refractivity contribution >= 4 is 23.3 Å². The zero-order valence-electron chi connectivity index (χ0n) is 5.05. The zero-order valence-corrected chi connectivity index (χ0v) is 5.87. The van der Waals surface area contributed by atoms with Gasteiger partial charge < -0.3 is 0 Å². The Balaban J connectivity index is 2.93. The van der Waals surface area contributed by atoms with Crippen LogP contribution < -0.4 is 0 Å². The van der Waals surface area contributed by atoms with Gasteiger partial charge in [0.15, 0.2) is 0 Å². The molecule has 0 N–H and O–H groups in total. The number of rotatable bonds is 0. The molecule has 1 fully saturated rings. The van der Waals surface area contributed by atoms with Gasteiger partial charge in [-0.1, -0.05) is 0 Å². The maximum Gasteiger partial charge on any atom is 0.441 e. The molecule has 1 heterocycles. The van der Waals surface area contributed by atoms with Gasteiger partial charge in [0.25, 0.3) is 0 Å². The summed E-state index contributed by atoms with van der Waals surface area (Å²) in [5, 5.41) is 0. The first-order valence-corrected chi connectivity index (χ1v) is 3.62. The fourth-order valence-electron chi connectivity index (χ4n) is 0.381. The molecular formula is C3F4O4S. The van der Waals surface area contributed by atoms with Gasteiger partial charge in [-0.15, -0.1) is 0 Å². The lowest BCUT2D eigenvalue weighted by molar-refractivity contribution is -0.185. The van der Waals surface area contributed by atoms with Gasteiger partial charge in [0.05, 0.1) is 0 Å². The van der Waals surface area contributed by atoms with Gasteiger partial charge in [0, 0.05) is 0 Å². The van der Waals surface area contributed by atoms with Crippen molar-refractivity contribution in [1.82, 2.24) is 0 Å². The lowest BCUT2D eigenvalue weighted by Crippen LogP contribution is -2.44. The molecule has 0 aromatic heterocycles. The van der Waals surface area contributed by atoms with Crippen molar-refractivity contribution in [3.63, 3.8) is 0 Å². The first-order chi connectivity index (χ1) is 5.26. The average Bonchev–Trinajstić information content (AvgIpc) is 1.82. The molecular weight excluding hydrogens is 208 g/mol. The predicted molar refractivity (Wildman–Crippen MR) is 26.9 cm³/mol. The SMILES string of the molecule is O=C1OS(F)(F)OC(=O)C1(F)F. The minimum Gasteiger partial charge on any atom is -0.285 e. The van der Waals surface area contributed by atoms with Crippen LogP contribution in [0, 0.1) is 0 Å². The highest BCUT2D eigenvalue weighted by Crippen LogP contribution is 2.58. The van der Waals surface area contributed by atoms with Crippen LogP contribution in [0.3, 0.4) is 0 Å². The molecule has 1 aliphatic heterocycles. The van der Waals surface area contributed by atoms with Crippen molar-refractivity contribution in [2.24, 2.45) is 0 Å². The van der Waals surface area contributed by atoms with Gasteiger partial charge in [-0.3, -0.25) is 8.37 Å². The molecule has 0 saturated carbocycles. The molecule has 4 nitrogen and oxygen atoms in total. The molecule has 0 aliphatic carbocycles. The van der Waals surface area contributed by atoms with E-state index >= 15 is 0 Å². The Hall–Kier alpha value is -0.990. The Bertz CT molecular complexity index is 229. The summed E-state index contributed by atoms with van der Waals surface area (Å²) in [6.45, 7) is 0. The smallest absolute Gasteiger partial charge is 0.285 e. The average molecular weight is 208 g/mol. The molecule has 0 aromatic carbocycles. The second-order valence-corrected chi connectivity index (χ2v) is 2.78. The van der Waals surface area contributed by atoms with Gasteiger partial charge in [-0.25, -0.2) is 9.59 Å². The number of carbonyl (C=O) groups is 2. The Morgan fingerprint density at radius 3 is 1.75 bits per heavy atom. The molecule has 0 atom stereocenters. The molecule has 0 unspecified atom stereocenters. The van der Waals surface area contributed by atoms with Crippen LogP contribution in [0.4, 0.5) is 16.6 Å². The predicted octanol–water partition coefficient (Wildman–Crippen LogP) is 1.13. The van der Waals surface area contributed by atoms with E-state index in [0.29, 0.717) is 0 Å². The lowest BCUT2D eigenvalue weighted by Gasteiger charge is -2.28. The highest BCUT2D eigenvalue weighted by Gasteiger charge is 2.60. The molecule has 12 heavy (non-hydrogen) atoms. The highest BCUT2D eigenvalue weighted by atomic mass is 32.3. The summed E-state index contributed by atoms with van der Waals surface area (Å²) in [5.74, 6) is -9.80. The third-order valence-electron chi connectivity index (χ3n) is 0.858. The molecule has 0 aromatic rings. The molecule has 0 spiro atoms. The summed E-state index contributed by atoms with van der Waals surface area (Å²) in [4.78, 5) is 20.0. The molecule has 0 bridgehead atoms. The third kappa shape index (κ3) is 1.31. The summed E-state index contributed by atoms with van der Waals surface area (Å²) in [5.41, 5.74) is 0. The second kappa shape index (κ2) is 2.25. The number of alkyl halides is 2. The van der Waals surface area contributed by atoms with Crippen molar-refractivity contribution in [3.8, 4) is 0 Å². The number of hydrogen-bond acceptors (Lipinski definition) is 4. The molecule has 1 aliphatic rings. The van der Waals surface area contributed by atoms with Gasteiger partial charge in [0.1, 0.15) is 0 Å². The van der Waals surface area contributed by atoms with Crippen LogP contribution in [0.5, 0.6) is 0 Å². The summed E-state index contributed by atoms with van der Waals surface area (Å²) in [6.07, 6.45) is 0. The van der Waals surface area contributed by atoms with Crippen LogP contribution in [0.1, 0.15) is 0 Å². The van der Waals surface area contributed by atoms with Crippen LogP contribution in [-0.2, 0) is 18.0 Å². The topological polar surface area (TPSA) is 52.6 Å². The van der Waals surface area contributed by atoms with E-state index in [-0.39, 0.29) is 0 Å². The van der Waals surface area contributed by atoms with Crippen LogP contribution in [0.2, 0.25) is 0 Å². The molecule has 1 saturated heterocycles. The summed E-state index contributed by atoms with van der Waals surface area (Å²) in [7, 11) is 0. The van der Waals surface area contributed by atoms with Crippen molar-refractivity contribution in [2.75, 3.05) is 0 Å². The van der Waals surface area contributed by atoms with E-state index in [0.717, 1.165) is 0 Å². The molecule has 0 radical (unpaired) electrons. The second-order valence-electron chi connectivity index (χ2n) is 1.69. The van der Waals surface area contributed by atoms with E-state index in [4.69, 9.17) is 0 Å². The summed E-state index contributed by atoms with van der Waals surface area (Å²) >= 11 is -5.43. The lowest BCUT2D eigenvalue weighted by atomic mass is 10.3. The fourth-order valence-corrected chi connectivity index (χ4v) is 0.977. The van der Waals surface area contributed by atoms with E-state index in [1.165, 1.54) is 0 Å². The molecule has 70 valence electrons. The Morgan fingerprint density at radius 2 is 1.42 bits per heavy atom. The largest absolute Gasteiger partial charge is 0.441 e. The molecule has 9 heteroatoms. The van der Waals surface area contributed by atoms with E-state index < -0.39 is 29.2 Å². The maximum absolute atomic E-state index is 12.1. The number of hydrogen-bond donors (Lipinski definition) is 0. The van der Waals surface area contributed by atoms with Crippen molar-refractivity contribution in [2.45, 2.75) is 5.92 Å². The van der Waals surface area contributed by atoms with Crippen LogP contribution in [0.15, 0.2) is 0 Å². The van der Waals surface area contributed by atoms with E-state index in [2.05, 4.69) is 8.37 Å². The van der Waals surface area contributed by atoms with Crippen LogP contribution in [0.25, 0.3) is 0 Å². The van der Waals surface area contributed by atoms with Crippen LogP contribution >= 0.6 is 11.4 Å². The van der Waals surface area contributed by atoms with Crippen LogP contribution in [-0.4, -0.2) is 17.9 Å². The Labute approximate surface area is 64.7 Å². The monoisotopic (exact) mass is 208 g/mol. The minimum atomic E-state index is -5.43. The Morgan fingerprint density at radius 1 is 1.08 bits per heavy atom. The first kappa shape index (κ1) is 9.10. The fraction of sp³-hybridized carbons (Fsp3) is 0.333. The molecule has 0 amide bonds. The quantitative estimate of drug-likeness (QED) is 0.442. The summed E-state index contributed by atoms with van der Waals surface area (Å²) in [6, 6.07) is 0. The van der Waals surface area contributed by atoms with E-state index in [1.54, 1.807) is 0 Å². The number of halogens is 4. The van der Waals surface area contributed by atoms with Gasteiger partial charge in [-0.05, 0) is 7.77 Å². The third-order valence-corrected chi connectivity index (χ3v) is 1.55. The van der Waals surface area contributed by atoms with Crippen molar-refractivity contribution in [3.05, 3.63) is 0 Å². The van der Waals surface area contributed by atoms with E-state index in [1.807, 2.05) is 0 Å². The summed E-state index contributed by atoms with van der Waals surface area (Å²) < 4.78 is 53.7. The van der Waals surface area contributed by atoms with Crippen molar-refractivity contribution < 1.29 is 34.5 Å².